The lowest BCUT2D eigenvalue weighted by Crippen LogP contribution is -2.38. The number of rotatable bonds is 10. The molecule has 0 atom stereocenters. The molecule has 0 amide bonds. The summed E-state index contributed by atoms with van der Waals surface area (Å²) in [6, 6.07) is 7.48. The summed E-state index contributed by atoms with van der Waals surface area (Å²) in [5.41, 5.74) is 0.914. The second kappa shape index (κ2) is 11.6. The molecule has 0 aromatic heterocycles. The van der Waals surface area contributed by atoms with E-state index in [1.807, 2.05) is 31.2 Å². The number of hydrogen-bond donors (Lipinski definition) is 2. The Morgan fingerprint density at radius 2 is 2.00 bits per heavy atom. The molecule has 0 aliphatic heterocycles. The molecule has 0 fully saturated rings. The predicted molar refractivity (Wildman–Crippen MR) is 91.9 cm³/mol. The van der Waals surface area contributed by atoms with Crippen LogP contribution in [0.15, 0.2) is 29.3 Å². The van der Waals surface area contributed by atoms with Crippen molar-refractivity contribution >= 4 is 5.96 Å². The SMILES string of the molecule is CCNC(=NCc1cccc(OCCCOC)c1)NCCC(F)(F)F. The zero-order valence-electron chi connectivity index (χ0n) is 14.7. The van der Waals surface area contributed by atoms with Gasteiger partial charge in [-0.25, -0.2) is 4.99 Å². The number of nitrogens with zero attached hydrogens (tertiary/aromatic N) is 1. The van der Waals surface area contributed by atoms with Crippen LogP contribution in [0, 0.1) is 0 Å². The van der Waals surface area contributed by atoms with Crippen molar-refractivity contribution in [3.05, 3.63) is 29.8 Å². The zero-order valence-corrected chi connectivity index (χ0v) is 14.7. The fourth-order valence-corrected chi connectivity index (χ4v) is 1.96. The molecule has 0 saturated carbocycles. The van der Waals surface area contributed by atoms with E-state index in [2.05, 4.69) is 15.6 Å². The highest BCUT2D eigenvalue weighted by molar-refractivity contribution is 5.79. The molecule has 2 N–H and O–H groups in total. The fourth-order valence-electron chi connectivity index (χ4n) is 1.96. The van der Waals surface area contributed by atoms with Crippen LogP contribution in [0.4, 0.5) is 13.2 Å². The van der Waals surface area contributed by atoms with Crippen molar-refractivity contribution in [2.24, 2.45) is 4.99 Å². The van der Waals surface area contributed by atoms with Gasteiger partial charge in [-0.2, -0.15) is 13.2 Å². The Morgan fingerprint density at radius 1 is 1.20 bits per heavy atom. The molecule has 25 heavy (non-hydrogen) atoms. The molecule has 5 nitrogen and oxygen atoms in total. The summed E-state index contributed by atoms with van der Waals surface area (Å²) in [5, 5.41) is 5.61. The predicted octanol–water partition coefficient (Wildman–Crippen LogP) is 3.11. The first-order valence-corrected chi connectivity index (χ1v) is 8.24. The summed E-state index contributed by atoms with van der Waals surface area (Å²) in [4.78, 5) is 4.31. The molecule has 1 aromatic carbocycles. The molecule has 1 aromatic rings. The monoisotopic (exact) mass is 361 g/mol. The third kappa shape index (κ3) is 10.5. The van der Waals surface area contributed by atoms with E-state index in [1.54, 1.807) is 7.11 Å². The van der Waals surface area contributed by atoms with Crippen LogP contribution >= 0.6 is 0 Å². The minimum Gasteiger partial charge on any atom is -0.493 e. The molecule has 0 unspecified atom stereocenters. The number of benzene rings is 1. The highest BCUT2D eigenvalue weighted by Gasteiger charge is 2.26. The van der Waals surface area contributed by atoms with Crippen LogP contribution in [0.25, 0.3) is 0 Å². The van der Waals surface area contributed by atoms with Crippen molar-refractivity contribution in [3.8, 4) is 5.75 Å². The van der Waals surface area contributed by atoms with Crippen LogP contribution in [-0.4, -0.2) is 45.5 Å². The second-order valence-electron chi connectivity index (χ2n) is 5.33. The van der Waals surface area contributed by atoms with Crippen LogP contribution in [-0.2, 0) is 11.3 Å². The van der Waals surface area contributed by atoms with E-state index >= 15 is 0 Å². The highest BCUT2D eigenvalue weighted by atomic mass is 19.4. The summed E-state index contributed by atoms with van der Waals surface area (Å²) in [7, 11) is 1.64. The van der Waals surface area contributed by atoms with E-state index in [1.165, 1.54) is 0 Å². The molecule has 0 saturated heterocycles. The van der Waals surface area contributed by atoms with E-state index in [9.17, 15) is 13.2 Å². The van der Waals surface area contributed by atoms with Gasteiger partial charge in [-0.15, -0.1) is 0 Å². The maximum Gasteiger partial charge on any atom is 0.390 e. The van der Waals surface area contributed by atoms with E-state index < -0.39 is 12.6 Å². The molecular formula is C17H26F3N3O2. The highest BCUT2D eigenvalue weighted by Crippen LogP contribution is 2.18. The number of ether oxygens (including phenoxy) is 2. The van der Waals surface area contributed by atoms with Gasteiger partial charge >= 0.3 is 6.18 Å². The minimum absolute atomic E-state index is 0.210. The van der Waals surface area contributed by atoms with Gasteiger partial charge in [0.1, 0.15) is 5.75 Å². The molecule has 0 bridgehead atoms. The maximum absolute atomic E-state index is 12.2. The number of alkyl halides is 3. The summed E-state index contributed by atoms with van der Waals surface area (Å²) in [6.45, 7) is 3.76. The van der Waals surface area contributed by atoms with Gasteiger partial charge < -0.3 is 20.1 Å². The topological polar surface area (TPSA) is 54.9 Å². The third-order valence-electron chi connectivity index (χ3n) is 3.12. The minimum atomic E-state index is -4.18. The lowest BCUT2D eigenvalue weighted by atomic mass is 10.2. The Labute approximate surface area is 146 Å². The average molecular weight is 361 g/mol. The molecule has 0 aliphatic carbocycles. The maximum atomic E-state index is 12.2. The number of halogens is 3. The number of guanidine groups is 1. The summed E-state index contributed by atoms with van der Waals surface area (Å²) >= 11 is 0. The van der Waals surface area contributed by atoms with Gasteiger partial charge in [0.05, 0.1) is 19.6 Å². The van der Waals surface area contributed by atoms with E-state index in [0.29, 0.717) is 32.3 Å². The summed E-state index contributed by atoms with van der Waals surface area (Å²) in [5.74, 6) is 1.09. The van der Waals surface area contributed by atoms with Crippen molar-refractivity contribution < 1.29 is 22.6 Å². The lowest BCUT2D eigenvalue weighted by molar-refractivity contribution is -0.132. The first-order chi connectivity index (χ1) is 11.9. The van der Waals surface area contributed by atoms with E-state index in [0.717, 1.165) is 17.7 Å². The third-order valence-corrected chi connectivity index (χ3v) is 3.12. The summed E-state index contributed by atoms with van der Waals surface area (Å²) in [6.07, 6.45) is -4.28. The normalized spacial score (nSPS) is 12.1. The fraction of sp³-hybridized carbons (Fsp3) is 0.588. The molecular weight excluding hydrogens is 335 g/mol. The number of nitrogens with one attached hydrogen (secondary N) is 2. The Bertz CT molecular complexity index is 522. The van der Waals surface area contributed by atoms with Crippen LogP contribution in [0.2, 0.25) is 0 Å². The molecule has 1 rings (SSSR count). The van der Waals surface area contributed by atoms with Gasteiger partial charge in [0.15, 0.2) is 5.96 Å². The van der Waals surface area contributed by atoms with Crippen molar-refractivity contribution in [1.29, 1.82) is 0 Å². The number of hydrogen-bond acceptors (Lipinski definition) is 3. The van der Waals surface area contributed by atoms with Gasteiger partial charge in [-0.3, -0.25) is 0 Å². The van der Waals surface area contributed by atoms with Gasteiger partial charge in [0.25, 0.3) is 0 Å². The first-order valence-electron chi connectivity index (χ1n) is 8.24. The van der Waals surface area contributed by atoms with Crippen molar-refractivity contribution in [3.63, 3.8) is 0 Å². The molecule has 8 heteroatoms. The molecule has 0 spiro atoms. The largest absolute Gasteiger partial charge is 0.493 e. The molecule has 0 radical (unpaired) electrons. The van der Waals surface area contributed by atoms with Crippen molar-refractivity contribution in [2.45, 2.75) is 32.5 Å². The second-order valence-corrected chi connectivity index (χ2v) is 5.33. The molecule has 0 aliphatic rings. The van der Waals surface area contributed by atoms with Gasteiger partial charge in [0.2, 0.25) is 0 Å². The van der Waals surface area contributed by atoms with Crippen LogP contribution in [0.3, 0.4) is 0 Å². The Morgan fingerprint density at radius 3 is 2.68 bits per heavy atom. The number of aliphatic imine (C=N–C) groups is 1. The lowest BCUT2D eigenvalue weighted by Gasteiger charge is -2.12. The van der Waals surface area contributed by atoms with Crippen LogP contribution in [0.1, 0.15) is 25.3 Å². The van der Waals surface area contributed by atoms with E-state index in [4.69, 9.17) is 9.47 Å². The Kier molecular flexibility index (Phi) is 9.76. The zero-order chi connectivity index (χ0) is 18.5. The number of methoxy groups -OCH3 is 1. The first kappa shape index (κ1) is 21.1. The Balaban J connectivity index is 2.54. The van der Waals surface area contributed by atoms with Crippen molar-refractivity contribution in [1.82, 2.24) is 10.6 Å². The summed E-state index contributed by atoms with van der Waals surface area (Å²) < 4.78 is 47.2. The van der Waals surface area contributed by atoms with E-state index in [-0.39, 0.29) is 6.54 Å². The van der Waals surface area contributed by atoms with Gasteiger partial charge in [0, 0.05) is 33.2 Å². The molecule has 0 heterocycles. The van der Waals surface area contributed by atoms with Gasteiger partial charge in [-0.05, 0) is 24.6 Å². The standard InChI is InChI=1S/C17H26F3N3O2/c1-3-21-16(22-9-8-17(18,19)20)23-13-14-6-4-7-15(12-14)25-11-5-10-24-2/h4,6-7,12H,3,5,8-11,13H2,1-2H3,(H2,21,22,23). The van der Waals surface area contributed by atoms with Gasteiger partial charge in [-0.1, -0.05) is 12.1 Å². The smallest absolute Gasteiger partial charge is 0.390 e. The Hall–Kier alpha value is -1.96. The molecule has 142 valence electrons. The van der Waals surface area contributed by atoms with Crippen LogP contribution in [0.5, 0.6) is 5.75 Å². The van der Waals surface area contributed by atoms with Crippen LogP contribution < -0.4 is 15.4 Å². The van der Waals surface area contributed by atoms with Crippen molar-refractivity contribution in [2.75, 3.05) is 33.4 Å². The quantitative estimate of drug-likeness (QED) is 0.382. The average Bonchev–Trinajstić information content (AvgIpc) is 2.56.